The standard InChI is InChI=1S/C16H16O3/c1-10-5-2-3-6-11(10)12-9-15(18)19-14-8-4-7-13(17)16(12)14/h2-3,5-6,12H,4,7-9H2,1H3. The molecule has 0 radical (unpaired) electrons. The topological polar surface area (TPSA) is 43.4 Å². The van der Waals surface area contributed by atoms with Crippen LogP contribution in [0.1, 0.15) is 42.7 Å². The molecule has 1 aromatic rings. The molecular formula is C16H16O3. The molecule has 3 heteroatoms. The number of allylic oxidation sites excluding steroid dienone is 2. The number of carbonyl (C=O) groups excluding carboxylic acids is 2. The van der Waals surface area contributed by atoms with E-state index in [-0.39, 0.29) is 24.1 Å². The van der Waals surface area contributed by atoms with Crippen molar-refractivity contribution in [3.8, 4) is 0 Å². The molecule has 1 atom stereocenters. The number of rotatable bonds is 1. The zero-order valence-electron chi connectivity index (χ0n) is 10.9. The Morgan fingerprint density at radius 3 is 2.74 bits per heavy atom. The number of ether oxygens (including phenoxy) is 1. The predicted molar refractivity (Wildman–Crippen MR) is 70.5 cm³/mol. The molecule has 1 aromatic carbocycles. The summed E-state index contributed by atoms with van der Waals surface area (Å²) in [4.78, 5) is 23.9. The molecule has 3 rings (SSSR count). The van der Waals surface area contributed by atoms with Gasteiger partial charge in [0.2, 0.25) is 0 Å². The molecule has 3 nitrogen and oxygen atoms in total. The lowest BCUT2D eigenvalue weighted by molar-refractivity contribution is -0.142. The van der Waals surface area contributed by atoms with Gasteiger partial charge in [-0.05, 0) is 24.5 Å². The molecule has 0 amide bonds. The summed E-state index contributed by atoms with van der Waals surface area (Å²) >= 11 is 0. The fourth-order valence-corrected chi connectivity index (χ4v) is 3.02. The minimum Gasteiger partial charge on any atom is -0.431 e. The molecule has 0 fully saturated rings. The van der Waals surface area contributed by atoms with E-state index in [4.69, 9.17) is 4.74 Å². The van der Waals surface area contributed by atoms with E-state index in [0.29, 0.717) is 18.6 Å². The number of Topliss-reactive ketones (excluding diaryl/α,β-unsaturated/α-hetero) is 1. The zero-order valence-corrected chi connectivity index (χ0v) is 10.9. The van der Waals surface area contributed by atoms with Crippen molar-refractivity contribution in [1.82, 2.24) is 0 Å². The molecule has 0 saturated heterocycles. The van der Waals surface area contributed by atoms with E-state index in [2.05, 4.69) is 0 Å². The van der Waals surface area contributed by atoms with Crippen LogP contribution in [-0.2, 0) is 14.3 Å². The quantitative estimate of drug-likeness (QED) is 0.725. The summed E-state index contributed by atoms with van der Waals surface area (Å²) in [7, 11) is 0. The average Bonchev–Trinajstić information content (AvgIpc) is 2.38. The number of benzene rings is 1. The molecule has 0 spiro atoms. The normalized spacial score (nSPS) is 23.1. The minimum absolute atomic E-state index is 0.120. The van der Waals surface area contributed by atoms with Crippen molar-refractivity contribution in [2.75, 3.05) is 0 Å². The van der Waals surface area contributed by atoms with Crippen LogP contribution in [0.4, 0.5) is 0 Å². The van der Waals surface area contributed by atoms with Gasteiger partial charge in [0.1, 0.15) is 5.76 Å². The summed E-state index contributed by atoms with van der Waals surface area (Å²) in [5.74, 6) is 0.412. The van der Waals surface area contributed by atoms with E-state index >= 15 is 0 Å². The number of carbonyl (C=O) groups is 2. The second kappa shape index (κ2) is 4.65. The number of ketones is 1. The highest BCUT2D eigenvalue weighted by Gasteiger charge is 2.36. The molecule has 1 aliphatic carbocycles. The van der Waals surface area contributed by atoms with Gasteiger partial charge in [0.25, 0.3) is 0 Å². The van der Waals surface area contributed by atoms with Crippen molar-refractivity contribution < 1.29 is 14.3 Å². The summed E-state index contributed by atoms with van der Waals surface area (Å²) in [5, 5.41) is 0. The van der Waals surface area contributed by atoms with Crippen LogP contribution in [-0.4, -0.2) is 11.8 Å². The van der Waals surface area contributed by atoms with Gasteiger partial charge in [-0.15, -0.1) is 0 Å². The SMILES string of the molecule is Cc1ccccc1C1CC(=O)OC2=C1C(=O)CCC2. The molecule has 2 aliphatic rings. The molecule has 0 saturated carbocycles. The second-order valence-electron chi connectivity index (χ2n) is 5.20. The van der Waals surface area contributed by atoms with Crippen LogP contribution in [0.3, 0.4) is 0 Å². The molecule has 1 heterocycles. The first-order chi connectivity index (χ1) is 9.16. The van der Waals surface area contributed by atoms with Gasteiger partial charge in [0, 0.05) is 24.3 Å². The van der Waals surface area contributed by atoms with Gasteiger partial charge in [-0.25, -0.2) is 0 Å². The number of hydrogen-bond donors (Lipinski definition) is 0. The van der Waals surface area contributed by atoms with Crippen LogP contribution in [0.25, 0.3) is 0 Å². The van der Waals surface area contributed by atoms with Crippen molar-refractivity contribution in [1.29, 1.82) is 0 Å². The molecule has 1 aliphatic heterocycles. The second-order valence-corrected chi connectivity index (χ2v) is 5.20. The molecule has 1 unspecified atom stereocenters. The molecule has 0 aromatic heterocycles. The highest BCUT2D eigenvalue weighted by Crippen LogP contribution is 2.40. The fraction of sp³-hybridized carbons (Fsp3) is 0.375. The van der Waals surface area contributed by atoms with Crippen LogP contribution in [0.15, 0.2) is 35.6 Å². The fourth-order valence-electron chi connectivity index (χ4n) is 3.02. The molecule has 19 heavy (non-hydrogen) atoms. The van der Waals surface area contributed by atoms with Crippen molar-refractivity contribution in [2.45, 2.75) is 38.5 Å². The summed E-state index contributed by atoms with van der Waals surface area (Å²) < 4.78 is 5.27. The first kappa shape index (κ1) is 12.2. The van der Waals surface area contributed by atoms with Gasteiger partial charge >= 0.3 is 5.97 Å². The maximum absolute atomic E-state index is 12.2. The molecule has 98 valence electrons. The smallest absolute Gasteiger partial charge is 0.311 e. The zero-order chi connectivity index (χ0) is 13.4. The highest BCUT2D eigenvalue weighted by molar-refractivity contribution is 6.00. The molecule has 0 bridgehead atoms. The van der Waals surface area contributed by atoms with E-state index in [1.165, 1.54) is 0 Å². The van der Waals surface area contributed by atoms with Gasteiger partial charge in [-0.1, -0.05) is 24.3 Å². The van der Waals surface area contributed by atoms with Crippen LogP contribution >= 0.6 is 0 Å². The average molecular weight is 256 g/mol. The minimum atomic E-state index is -0.221. The first-order valence-electron chi connectivity index (χ1n) is 6.69. The van der Waals surface area contributed by atoms with Crippen LogP contribution in [0.5, 0.6) is 0 Å². The molecular weight excluding hydrogens is 240 g/mol. The Morgan fingerprint density at radius 1 is 1.16 bits per heavy atom. The van der Waals surface area contributed by atoms with Gasteiger partial charge in [0.05, 0.1) is 6.42 Å². The Labute approximate surface area is 112 Å². The number of hydrogen-bond acceptors (Lipinski definition) is 3. The summed E-state index contributed by atoms with van der Waals surface area (Å²) in [5.41, 5.74) is 2.93. The number of esters is 1. The predicted octanol–water partition coefficient (Wildman–Crippen LogP) is 3.03. The lowest BCUT2D eigenvalue weighted by atomic mass is 9.78. The molecule has 0 N–H and O–H groups in total. The third-order valence-corrected chi connectivity index (χ3v) is 3.93. The van der Waals surface area contributed by atoms with Gasteiger partial charge in [-0.3, -0.25) is 9.59 Å². The van der Waals surface area contributed by atoms with Gasteiger partial charge in [-0.2, -0.15) is 0 Å². The van der Waals surface area contributed by atoms with E-state index in [1.54, 1.807) is 0 Å². The van der Waals surface area contributed by atoms with Crippen molar-refractivity contribution in [2.24, 2.45) is 0 Å². The van der Waals surface area contributed by atoms with E-state index in [9.17, 15) is 9.59 Å². The number of aryl methyl sites for hydroxylation is 1. The third kappa shape index (κ3) is 2.09. The monoisotopic (exact) mass is 256 g/mol. The van der Waals surface area contributed by atoms with Crippen LogP contribution in [0, 0.1) is 6.92 Å². The highest BCUT2D eigenvalue weighted by atomic mass is 16.5. The van der Waals surface area contributed by atoms with E-state index in [1.807, 2.05) is 31.2 Å². The van der Waals surface area contributed by atoms with E-state index < -0.39 is 0 Å². The summed E-state index contributed by atoms with van der Waals surface area (Å²) in [6, 6.07) is 7.95. The Hall–Kier alpha value is -1.90. The Kier molecular flexibility index (Phi) is 2.97. The maximum Gasteiger partial charge on any atom is 0.311 e. The van der Waals surface area contributed by atoms with E-state index in [0.717, 1.165) is 23.1 Å². The third-order valence-electron chi connectivity index (χ3n) is 3.93. The Balaban J connectivity index is 2.11. The van der Waals surface area contributed by atoms with Gasteiger partial charge < -0.3 is 4.74 Å². The van der Waals surface area contributed by atoms with Crippen LogP contribution < -0.4 is 0 Å². The largest absolute Gasteiger partial charge is 0.431 e. The summed E-state index contributed by atoms with van der Waals surface area (Å²) in [6.45, 7) is 2.02. The summed E-state index contributed by atoms with van der Waals surface area (Å²) in [6.07, 6.45) is 2.33. The lowest BCUT2D eigenvalue weighted by Crippen LogP contribution is -2.27. The lowest BCUT2D eigenvalue weighted by Gasteiger charge is -2.30. The Bertz CT molecular complexity index is 583. The Morgan fingerprint density at radius 2 is 1.95 bits per heavy atom. The maximum atomic E-state index is 12.2. The van der Waals surface area contributed by atoms with Gasteiger partial charge in [0.15, 0.2) is 5.78 Å². The van der Waals surface area contributed by atoms with Crippen LogP contribution in [0.2, 0.25) is 0 Å². The first-order valence-corrected chi connectivity index (χ1v) is 6.69. The van der Waals surface area contributed by atoms with Crippen molar-refractivity contribution in [3.05, 3.63) is 46.7 Å². The van der Waals surface area contributed by atoms with Crippen molar-refractivity contribution >= 4 is 11.8 Å². The van der Waals surface area contributed by atoms with Crippen molar-refractivity contribution in [3.63, 3.8) is 0 Å².